The fraction of sp³-hybridized carbons (Fsp3) is 0.609. The van der Waals surface area contributed by atoms with Gasteiger partial charge in [-0.3, -0.25) is 0 Å². The lowest BCUT2D eigenvalue weighted by molar-refractivity contribution is -0.145. The second kappa shape index (κ2) is 13.2. The average molecular weight is 373 g/mol. The molecule has 4 heteroatoms. The van der Waals surface area contributed by atoms with Crippen LogP contribution in [-0.2, 0) is 20.9 Å². The van der Waals surface area contributed by atoms with E-state index in [0.717, 1.165) is 37.0 Å². The Labute approximate surface area is 163 Å². The van der Waals surface area contributed by atoms with E-state index < -0.39 is 5.97 Å². The highest BCUT2D eigenvalue weighted by Crippen LogP contribution is 2.15. The summed E-state index contributed by atoms with van der Waals surface area (Å²) in [7, 11) is 1.65. The molecule has 148 valence electrons. The minimum atomic E-state index is -0.428. The number of hydrogen-bond donors (Lipinski definition) is 0. The van der Waals surface area contributed by atoms with Crippen molar-refractivity contribution in [3.63, 3.8) is 0 Å². The molecule has 1 aromatic rings. The molecule has 0 spiro atoms. The lowest BCUT2D eigenvalue weighted by atomic mass is 10.1. The van der Waals surface area contributed by atoms with Gasteiger partial charge in [-0.1, -0.05) is 56.6 Å². The first-order chi connectivity index (χ1) is 13.3. The van der Waals surface area contributed by atoms with Crippen molar-refractivity contribution in [3.8, 4) is 17.6 Å². The van der Waals surface area contributed by atoms with Crippen molar-refractivity contribution in [3.05, 3.63) is 29.8 Å². The van der Waals surface area contributed by atoms with Crippen LogP contribution in [0, 0.1) is 11.8 Å². The van der Waals surface area contributed by atoms with Gasteiger partial charge in [-0.25, -0.2) is 4.79 Å². The molecule has 0 N–H and O–H groups in total. The van der Waals surface area contributed by atoms with E-state index in [0.29, 0.717) is 13.2 Å². The van der Waals surface area contributed by atoms with E-state index in [1.54, 1.807) is 7.11 Å². The van der Waals surface area contributed by atoms with Crippen molar-refractivity contribution in [1.82, 2.24) is 0 Å². The van der Waals surface area contributed by atoms with Crippen molar-refractivity contribution >= 4 is 5.97 Å². The molecule has 1 heterocycles. The van der Waals surface area contributed by atoms with Gasteiger partial charge in [-0.15, -0.1) is 0 Å². The normalized spacial score (nSPS) is 19.7. The standard InChI is InChI=1S/C23H32O4/c1-25-21-16-14-20(15-17-21)18-26-19-22-12-10-8-6-4-2-3-5-7-9-11-13-23(24)27-22/h14-17,22H,2-10,12,18-19H2,1H3. The van der Waals surface area contributed by atoms with Crippen LogP contribution in [-0.4, -0.2) is 25.8 Å². The van der Waals surface area contributed by atoms with Crippen LogP contribution in [0.25, 0.3) is 0 Å². The summed E-state index contributed by atoms with van der Waals surface area (Å²) in [6.07, 6.45) is 11.0. The number of ether oxygens (including phenoxy) is 3. The van der Waals surface area contributed by atoms with Crippen molar-refractivity contribution < 1.29 is 19.0 Å². The zero-order valence-electron chi connectivity index (χ0n) is 16.5. The number of carbonyl (C=O) groups is 1. The summed E-state index contributed by atoms with van der Waals surface area (Å²) in [5, 5.41) is 0. The Bertz CT molecular complexity index is 597. The van der Waals surface area contributed by atoms with Crippen LogP contribution < -0.4 is 4.74 Å². The molecule has 0 amide bonds. The minimum absolute atomic E-state index is 0.227. The molecule has 1 aliphatic rings. The Morgan fingerprint density at radius 3 is 2.37 bits per heavy atom. The van der Waals surface area contributed by atoms with Crippen LogP contribution >= 0.6 is 0 Å². The first kappa shape index (κ1) is 21.3. The number of methoxy groups -OCH3 is 1. The van der Waals surface area contributed by atoms with Gasteiger partial charge in [0.05, 0.1) is 20.3 Å². The van der Waals surface area contributed by atoms with Crippen LogP contribution in [0.1, 0.15) is 69.8 Å². The molecule has 1 aliphatic heterocycles. The summed E-state index contributed by atoms with van der Waals surface area (Å²) >= 11 is 0. The van der Waals surface area contributed by atoms with Crippen molar-refractivity contribution in [2.45, 2.75) is 76.9 Å². The monoisotopic (exact) mass is 372 g/mol. The summed E-state index contributed by atoms with van der Waals surface area (Å²) in [4.78, 5) is 12.0. The smallest absolute Gasteiger partial charge is 0.384 e. The van der Waals surface area contributed by atoms with E-state index >= 15 is 0 Å². The van der Waals surface area contributed by atoms with E-state index in [2.05, 4.69) is 11.8 Å². The molecule has 0 fully saturated rings. The summed E-state index contributed by atoms with van der Waals surface area (Å²) in [6.45, 7) is 0.892. The summed E-state index contributed by atoms with van der Waals surface area (Å²) < 4.78 is 16.5. The second-order valence-electron chi connectivity index (χ2n) is 7.06. The predicted octanol–water partition coefficient (Wildman–Crippen LogP) is 5.04. The molecular formula is C23H32O4. The topological polar surface area (TPSA) is 44.8 Å². The molecule has 1 aromatic carbocycles. The van der Waals surface area contributed by atoms with E-state index in [9.17, 15) is 4.79 Å². The quantitative estimate of drug-likeness (QED) is 0.412. The van der Waals surface area contributed by atoms with Crippen LogP contribution in [0.3, 0.4) is 0 Å². The third kappa shape index (κ3) is 9.49. The largest absolute Gasteiger partial charge is 0.497 e. The molecule has 0 saturated carbocycles. The molecule has 1 unspecified atom stereocenters. The van der Waals surface area contributed by atoms with Crippen molar-refractivity contribution in [2.75, 3.05) is 13.7 Å². The van der Waals surface area contributed by atoms with Gasteiger partial charge in [0.25, 0.3) is 0 Å². The molecule has 0 saturated heterocycles. The molecular weight excluding hydrogens is 340 g/mol. The SMILES string of the molecule is COc1ccc(COCC2CCCCCCCCCCC#CC(=O)O2)cc1. The Balaban J connectivity index is 1.81. The molecule has 2 rings (SSSR count). The molecule has 0 aromatic heterocycles. The zero-order valence-corrected chi connectivity index (χ0v) is 16.5. The van der Waals surface area contributed by atoms with Gasteiger partial charge < -0.3 is 14.2 Å². The van der Waals surface area contributed by atoms with Crippen LogP contribution in [0.4, 0.5) is 0 Å². The van der Waals surface area contributed by atoms with E-state index in [4.69, 9.17) is 14.2 Å². The maximum Gasteiger partial charge on any atom is 0.384 e. The first-order valence-electron chi connectivity index (χ1n) is 10.2. The summed E-state index contributed by atoms with van der Waals surface area (Å²) in [5.41, 5.74) is 1.07. The molecule has 0 radical (unpaired) electrons. The lowest BCUT2D eigenvalue weighted by Crippen LogP contribution is -2.23. The highest BCUT2D eigenvalue weighted by molar-refractivity contribution is 5.88. The number of cyclic esters (lactones) is 1. The molecule has 0 aliphatic carbocycles. The van der Waals surface area contributed by atoms with Gasteiger partial charge in [0.1, 0.15) is 11.9 Å². The lowest BCUT2D eigenvalue weighted by Gasteiger charge is -2.17. The molecule has 0 bridgehead atoms. The first-order valence-corrected chi connectivity index (χ1v) is 10.2. The van der Waals surface area contributed by atoms with Crippen molar-refractivity contribution in [2.24, 2.45) is 0 Å². The maximum atomic E-state index is 12.0. The second-order valence-corrected chi connectivity index (χ2v) is 7.06. The Morgan fingerprint density at radius 2 is 1.67 bits per heavy atom. The fourth-order valence-corrected chi connectivity index (χ4v) is 3.17. The Kier molecular flexibility index (Phi) is 10.4. The van der Waals surface area contributed by atoms with Gasteiger partial charge >= 0.3 is 5.97 Å². The highest BCUT2D eigenvalue weighted by atomic mass is 16.6. The van der Waals surface area contributed by atoms with Gasteiger partial charge in [0, 0.05) is 12.3 Å². The third-order valence-electron chi connectivity index (χ3n) is 4.77. The number of hydrogen-bond acceptors (Lipinski definition) is 4. The Morgan fingerprint density at radius 1 is 1.00 bits per heavy atom. The van der Waals surface area contributed by atoms with Gasteiger partial charge in [-0.2, -0.15) is 0 Å². The Hall–Kier alpha value is -1.99. The van der Waals surface area contributed by atoms with E-state index in [1.807, 2.05) is 24.3 Å². The van der Waals surface area contributed by atoms with Crippen LogP contribution in [0.5, 0.6) is 5.75 Å². The van der Waals surface area contributed by atoms with E-state index in [1.165, 1.54) is 38.5 Å². The van der Waals surface area contributed by atoms with Gasteiger partial charge in [0.2, 0.25) is 0 Å². The number of rotatable bonds is 5. The summed E-state index contributed by atoms with van der Waals surface area (Å²) in [5.74, 6) is 5.96. The van der Waals surface area contributed by atoms with Crippen molar-refractivity contribution in [1.29, 1.82) is 0 Å². The number of carbonyl (C=O) groups excluding carboxylic acids is 1. The van der Waals surface area contributed by atoms with Gasteiger partial charge in [0.15, 0.2) is 0 Å². The zero-order chi connectivity index (χ0) is 19.2. The predicted molar refractivity (Wildman–Crippen MR) is 106 cm³/mol. The minimum Gasteiger partial charge on any atom is -0.497 e. The molecule has 1 atom stereocenters. The summed E-state index contributed by atoms with van der Waals surface area (Å²) in [6, 6.07) is 7.79. The molecule has 27 heavy (non-hydrogen) atoms. The van der Waals surface area contributed by atoms with Crippen LogP contribution in [0.15, 0.2) is 24.3 Å². The van der Waals surface area contributed by atoms with Crippen LogP contribution in [0.2, 0.25) is 0 Å². The third-order valence-corrected chi connectivity index (χ3v) is 4.77. The van der Waals surface area contributed by atoms with Gasteiger partial charge in [-0.05, 0) is 37.0 Å². The number of benzene rings is 1. The number of esters is 1. The molecule has 4 nitrogen and oxygen atoms in total. The average Bonchev–Trinajstić information content (AvgIpc) is 2.69. The van der Waals surface area contributed by atoms with E-state index in [-0.39, 0.29) is 6.10 Å². The fourth-order valence-electron chi connectivity index (χ4n) is 3.17. The maximum absolute atomic E-state index is 12.0. The highest BCUT2D eigenvalue weighted by Gasteiger charge is 2.14.